The first kappa shape index (κ1) is 22.1. The highest BCUT2D eigenvalue weighted by Gasteiger charge is 2.13. The highest BCUT2D eigenvalue weighted by Crippen LogP contribution is 2.24. The number of carbonyl (C=O) groups excluding carboxylic acids is 2. The molecule has 3 rings (SSSR count). The van der Waals surface area contributed by atoms with E-state index < -0.39 is 0 Å². The van der Waals surface area contributed by atoms with Crippen LogP contribution in [-0.4, -0.2) is 57.5 Å². The average molecular weight is 441 g/mol. The molecule has 2 amide bonds. The summed E-state index contributed by atoms with van der Waals surface area (Å²) in [5.41, 5.74) is 2.04. The maximum absolute atomic E-state index is 12.0. The van der Waals surface area contributed by atoms with Gasteiger partial charge in [-0.05, 0) is 18.5 Å². The zero-order chi connectivity index (χ0) is 22.1. The Labute approximate surface area is 184 Å². The minimum Gasteiger partial charge on any atom is -0.368 e. The van der Waals surface area contributed by atoms with E-state index in [4.69, 9.17) is 0 Å². The predicted molar refractivity (Wildman–Crippen MR) is 120 cm³/mol. The zero-order valence-electron chi connectivity index (χ0n) is 17.3. The quantitative estimate of drug-likeness (QED) is 0.350. The Bertz CT molecular complexity index is 1010. The van der Waals surface area contributed by atoms with Crippen LogP contribution in [0, 0.1) is 6.92 Å². The van der Waals surface area contributed by atoms with Gasteiger partial charge in [-0.25, -0.2) is 9.97 Å². The molecule has 10 nitrogen and oxygen atoms in total. The number of nitrogens with one attached hydrogen (secondary N) is 4. The molecule has 0 radical (unpaired) electrons. The van der Waals surface area contributed by atoms with Gasteiger partial charge in [-0.1, -0.05) is 34.8 Å². The molecule has 0 aliphatic carbocycles. The van der Waals surface area contributed by atoms with Gasteiger partial charge in [-0.3, -0.25) is 9.59 Å². The van der Waals surface area contributed by atoms with Crippen molar-refractivity contribution in [2.45, 2.75) is 13.8 Å². The van der Waals surface area contributed by atoms with Gasteiger partial charge in [0.05, 0.1) is 0 Å². The molecular weight excluding hydrogens is 416 g/mol. The molecule has 0 spiro atoms. The molecule has 0 fully saturated rings. The summed E-state index contributed by atoms with van der Waals surface area (Å²) in [5.74, 6) is 1.58. The second-order valence-corrected chi connectivity index (χ2v) is 7.23. The van der Waals surface area contributed by atoms with Crippen LogP contribution in [0.3, 0.4) is 0 Å². The lowest BCUT2D eigenvalue weighted by atomic mass is 10.2. The van der Waals surface area contributed by atoms with E-state index >= 15 is 0 Å². The second kappa shape index (κ2) is 11.0. The number of rotatable bonds is 10. The van der Waals surface area contributed by atoms with Crippen LogP contribution in [0.25, 0.3) is 11.4 Å². The molecule has 0 aliphatic rings. The molecule has 2 heterocycles. The van der Waals surface area contributed by atoms with Gasteiger partial charge in [0.2, 0.25) is 5.91 Å². The summed E-state index contributed by atoms with van der Waals surface area (Å²) >= 11 is 1.13. The fraction of sp³-hybridized carbons (Fsp3) is 0.300. The van der Waals surface area contributed by atoms with Crippen molar-refractivity contribution < 1.29 is 9.59 Å². The molecule has 3 aromatic rings. The molecule has 11 heteroatoms. The van der Waals surface area contributed by atoms with Crippen molar-refractivity contribution in [3.8, 4) is 11.4 Å². The van der Waals surface area contributed by atoms with Gasteiger partial charge in [-0.2, -0.15) is 0 Å². The predicted octanol–water partition coefficient (Wildman–Crippen LogP) is 1.69. The van der Waals surface area contributed by atoms with Crippen LogP contribution >= 0.6 is 11.5 Å². The van der Waals surface area contributed by atoms with Crippen LogP contribution in [0.15, 0.2) is 35.7 Å². The highest BCUT2D eigenvalue weighted by molar-refractivity contribution is 7.03. The highest BCUT2D eigenvalue weighted by atomic mass is 32.1. The Hall–Kier alpha value is -3.60. The molecule has 1 aromatic carbocycles. The van der Waals surface area contributed by atoms with Crippen LogP contribution < -0.4 is 21.3 Å². The molecule has 0 bridgehead atoms. The number of nitrogens with zero attached hydrogens (tertiary/aromatic N) is 4. The number of hydrogen-bond acceptors (Lipinski definition) is 9. The van der Waals surface area contributed by atoms with Crippen molar-refractivity contribution in [2.75, 3.05) is 36.8 Å². The molecule has 31 heavy (non-hydrogen) atoms. The Balaban J connectivity index is 1.68. The lowest BCUT2D eigenvalue weighted by Gasteiger charge is -2.15. The van der Waals surface area contributed by atoms with E-state index in [0.29, 0.717) is 49.3 Å². The van der Waals surface area contributed by atoms with Crippen molar-refractivity contribution in [1.29, 1.82) is 0 Å². The molecule has 0 saturated carbocycles. The van der Waals surface area contributed by atoms with Gasteiger partial charge in [-0.15, -0.1) is 5.10 Å². The van der Waals surface area contributed by atoms with Gasteiger partial charge in [0.25, 0.3) is 5.91 Å². The minimum absolute atomic E-state index is 0.0796. The van der Waals surface area contributed by atoms with Gasteiger partial charge in [0.15, 0.2) is 11.5 Å². The van der Waals surface area contributed by atoms with E-state index in [1.54, 1.807) is 5.38 Å². The van der Waals surface area contributed by atoms with Crippen molar-refractivity contribution >= 4 is 35.0 Å². The fourth-order valence-electron chi connectivity index (χ4n) is 2.71. The van der Waals surface area contributed by atoms with Crippen LogP contribution in [0.4, 0.5) is 11.6 Å². The number of aromatic nitrogens is 4. The number of benzene rings is 1. The van der Waals surface area contributed by atoms with Crippen molar-refractivity contribution in [2.24, 2.45) is 0 Å². The first-order valence-electron chi connectivity index (χ1n) is 9.76. The van der Waals surface area contributed by atoms with Crippen molar-refractivity contribution in [3.63, 3.8) is 0 Å². The minimum atomic E-state index is -0.264. The Morgan fingerprint density at radius 3 is 2.16 bits per heavy atom. The van der Waals surface area contributed by atoms with E-state index in [0.717, 1.165) is 22.7 Å². The van der Waals surface area contributed by atoms with Gasteiger partial charge in [0, 0.05) is 49.6 Å². The summed E-state index contributed by atoms with van der Waals surface area (Å²) in [5, 5.41) is 17.4. The van der Waals surface area contributed by atoms with Crippen molar-refractivity contribution in [3.05, 3.63) is 47.0 Å². The fourth-order valence-corrected chi connectivity index (χ4v) is 3.14. The third kappa shape index (κ3) is 6.44. The average Bonchev–Trinajstić information content (AvgIpc) is 3.31. The van der Waals surface area contributed by atoms with Crippen LogP contribution in [0.2, 0.25) is 0 Å². The molecule has 162 valence electrons. The Morgan fingerprint density at radius 2 is 1.58 bits per heavy atom. The van der Waals surface area contributed by atoms with Crippen molar-refractivity contribution in [1.82, 2.24) is 30.2 Å². The summed E-state index contributed by atoms with van der Waals surface area (Å²) < 4.78 is 3.69. The van der Waals surface area contributed by atoms with Crippen LogP contribution in [0.5, 0.6) is 0 Å². The molecule has 0 aliphatic heterocycles. The molecule has 0 unspecified atom stereocenters. The molecular formula is C20H24N8O2S. The van der Waals surface area contributed by atoms with E-state index in [1.807, 2.05) is 37.3 Å². The smallest absolute Gasteiger partial charge is 0.272 e. The standard InChI is InChI=1S/C20H24N8O2S/c1-13-17(22-9-8-21-14(2)29)25-19(15-6-4-3-5-7-15)26-18(13)23-10-11-24-20(30)16-12-31-28-27-16/h3-7,12H,8-11H2,1-2H3,(H,21,29)(H,24,30)(H2,22,23,25,26). The van der Waals surface area contributed by atoms with Gasteiger partial charge >= 0.3 is 0 Å². The third-order valence-corrected chi connectivity index (χ3v) is 4.77. The lowest BCUT2D eigenvalue weighted by Crippen LogP contribution is -2.29. The Kier molecular flexibility index (Phi) is 7.82. The van der Waals surface area contributed by atoms with E-state index in [-0.39, 0.29) is 11.8 Å². The summed E-state index contributed by atoms with van der Waals surface area (Å²) in [6.45, 7) is 5.28. The molecule has 0 saturated heterocycles. The third-order valence-electron chi connectivity index (χ3n) is 4.26. The summed E-state index contributed by atoms with van der Waals surface area (Å²) in [6, 6.07) is 9.68. The first-order valence-corrected chi connectivity index (χ1v) is 10.6. The topological polar surface area (TPSA) is 134 Å². The largest absolute Gasteiger partial charge is 0.368 e. The SMILES string of the molecule is CC(=O)NCCNc1nc(-c2ccccc2)nc(NCCNC(=O)c2csnn2)c1C. The van der Waals surface area contributed by atoms with Gasteiger partial charge < -0.3 is 21.3 Å². The first-order chi connectivity index (χ1) is 15.0. The molecule has 0 atom stereocenters. The lowest BCUT2D eigenvalue weighted by molar-refractivity contribution is -0.118. The number of hydrogen-bond donors (Lipinski definition) is 4. The van der Waals surface area contributed by atoms with E-state index in [9.17, 15) is 9.59 Å². The zero-order valence-corrected chi connectivity index (χ0v) is 18.1. The Morgan fingerprint density at radius 1 is 0.935 bits per heavy atom. The normalized spacial score (nSPS) is 10.4. The number of carbonyl (C=O) groups is 2. The van der Waals surface area contributed by atoms with E-state index in [2.05, 4.69) is 40.8 Å². The monoisotopic (exact) mass is 440 g/mol. The summed E-state index contributed by atoms with van der Waals surface area (Å²) in [4.78, 5) is 32.4. The number of anilines is 2. The van der Waals surface area contributed by atoms with Crippen LogP contribution in [0.1, 0.15) is 23.0 Å². The maximum Gasteiger partial charge on any atom is 0.272 e. The maximum atomic E-state index is 12.0. The second-order valence-electron chi connectivity index (χ2n) is 6.62. The van der Waals surface area contributed by atoms with Gasteiger partial charge in [0.1, 0.15) is 11.6 Å². The summed E-state index contributed by atoms with van der Waals surface area (Å²) in [6.07, 6.45) is 0. The molecule has 2 aromatic heterocycles. The summed E-state index contributed by atoms with van der Waals surface area (Å²) in [7, 11) is 0. The number of amides is 2. The van der Waals surface area contributed by atoms with E-state index in [1.165, 1.54) is 6.92 Å². The molecule has 4 N–H and O–H groups in total. The van der Waals surface area contributed by atoms with Crippen LogP contribution in [-0.2, 0) is 4.79 Å².